The van der Waals surface area contributed by atoms with Gasteiger partial charge in [0.1, 0.15) is 0 Å². The second kappa shape index (κ2) is 5.82. The summed E-state index contributed by atoms with van der Waals surface area (Å²) in [5, 5.41) is 9.73. The van der Waals surface area contributed by atoms with E-state index in [1.807, 2.05) is 0 Å². The van der Waals surface area contributed by atoms with Gasteiger partial charge in [-0.3, -0.25) is 4.79 Å². The Balaban J connectivity index is 2.03. The molecule has 0 spiro atoms. The van der Waals surface area contributed by atoms with Crippen LogP contribution in [0.3, 0.4) is 0 Å². The summed E-state index contributed by atoms with van der Waals surface area (Å²) in [6, 6.07) is 0. The van der Waals surface area contributed by atoms with E-state index in [2.05, 4.69) is 25.7 Å². The Bertz CT molecular complexity index is 331. The van der Waals surface area contributed by atoms with Gasteiger partial charge in [-0.25, -0.2) is 0 Å². The largest absolute Gasteiger partial charge is 0.481 e. The van der Waals surface area contributed by atoms with Crippen molar-refractivity contribution in [2.24, 2.45) is 23.2 Å². The summed E-state index contributed by atoms with van der Waals surface area (Å²) in [6.07, 6.45) is 5.22. The van der Waals surface area contributed by atoms with Gasteiger partial charge < -0.3 is 10.0 Å². The molecule has 3 heteroatoms. The molecule has 1 aliphatic carbocycles. The van der Waals surface area contributed by atoms with E-state index in [4.69, 9.17) is 0 Å². The lowest BCUT2D eigenvalue weighted by Gasteiger charge is -2.43. The second-order valence-electron chi connectivity index (χ2n) is 7.27. The lowest BCUT2D eigenvalue weighted by atomic mass is 9.69. The first-order chi connectivity index (χ1) is 8.93. The number of nitrogens with zero attached hydrogens (tertiary/aromatic N) is 1. The van der Waals surface area contributed by atoms with Crippen LogP contribution in [0.25, 0.3) is 0 Å². The summed E-state index contributed by atoms with van der Waals surface area (Å²) < 4.78 is 0. The molecule has 2 fully saturated rings. The molecular formula is C16H29NO2. The zero-order valence-electron chi connectivity index (χ0n) is 12.7. The average Bonchev–Trinajstić information content (AvgIpc) is 2.34. The molecule has 0 aromatic rings. The number of carboxylic acid groups (broad SMARTS) is 1. The van der Waals surface area contributed by atoms with E-state index in [1.165, 1.54) is 12.8 Å². The molecule has 0 aromatic carbocycles. The summed E-state index contributed by atoms with van der Waals surface area (Å²) in [6.45, 7) is 9.74. The normalized spacial score (nSPS) is 41.1. The first-order valence-electron chi connectivity index (χ1n) is 7.89. The monoisotopic (exact) mass is 267 g/mol. The van der Waals surface area contributed by atoms with Crippen LogP contribution in [0.4, 0.5) is 0 Å². The molecule has 19 heavy (non-hydrogen) atoms. The van der Waals surface area contributed by atoms with Crippen molar-refractivity contribution in [1.82, 2.24) is 4.90 Å². The first-order valence-corrected chi connectivity index (χ1v) is 7.89. The van der Waals surface area contributed by atoms with Gasteiger partial charge in [0.15, 0.2) is 0 Å². The van der Waals surface area contributed by atoms with E-state index in [0.717, 1.165) is 44.8 Å². The molecule has 3 nitrogen and oxygen atoms in total. The van der Waals surface area contributed by atoms with Crippen LogP contribution in [0.2, 0.25) is 0 Å². The quantitative estimate of drug-likeness (QED) is 0.853. The highest BCUT2D eigenvalue weighted by molar-refractivity contribution is 5.75. The minimum absolute atomic E-state index is 0.474. The lowest BCUT2D eigenvalue weighted by molar-refractivity contribution is -0.154. The maximum Gasteiger partial charge on any atom is 0.310 e. The highest BCUT2D eigenvalue weighted by Crippen LogP contribution is 2.41. The van der Waals surface area contributed by atoms with Crippen molar-refractivity contribution in [2.75, 3.05) is 19.6 Å². The Morgan fingerprint density at radius 2 is 2.00 bits per heavy atom. The smallest absolute Gasteiger partial charge is 0.310 e. The van der Waals surface area contributed by atoms with Gasteiger partial charge in [0.05, 0.1) is 5.41 Å². The van der Waals surface area contributed by atoms with Crippen LogP contribution >= 0.6 is 0 Å². The van der Waals surface area contributed by atoms with E-state index < -0.39 is 11.4 Å². The molecule has 110 valence electrons. The molecule has 1 aliphatic heterocycles. The molecule has 2 aliphatic rings. The summed E-state index contributed by atoms with van der Waals surface area (Å²) in [5.41, 5.74) is -0.474. The van der Waals surface area contributed by atoms with Crippen molar-refractivity contribution in [1.29, 1.82) is 0 Å². The van der Waals surface area contributed by atoms with Gasteiger partial charge in [-0.05, 0) is 43.6 Å². The number of carboxylic acids is 1. The average molecular weight is 267 g/mol. The SMILES string of the molecule is CC1CCCC(CN2CCC(C)C(C)C2)(C(=O)O)C1. The molecule has 1 saturated carbocycles. The summed E-state index contributed by atoms with van der Waals surface area (Å²) in [4.78, 5) is 14.2. The minimum Gasteiger partial charge on any atom is -0.481 e. The second-order valence-corrected chi connectivity index (χ2v) is 7.27. The molecule has 4 atom stereocenters. The number of hydrogen-bond acceptors (Lipinski definition) is 2. The van der Waals surface area contributed by atoms with E-state index in [9.17, 15) is 9.90 Å². The molecule has 1 saturated heterocycles. The first kappa shape index (κ1) is 14.8. The fourth-order valence-corrected chi connectivity index (χ4v) is 3.99. The number of piperidine rings is 1. The standard InChI is InChI=1S/C16H29NO2/c1-12-5-4-7-16(9-12,15(18)19)11-17-8-6-13(2)14(3)10-17/h12-14H,4-11H2,1-3H3,(H,18,19). The molecule has 1 N–H and O–H groups in total. The van der Waals surface area contributed by atoms with Crippen LogP contribution in [-0.4, -0.2) is 35.6 Å². The third kappa shape index (κ3) is 3.31. The maximum absolute atomic E-state index is 11.8. The highest BCUT2D eigenvalue weighted by atomic mass is 16.4. The van der Waals surface area contributed by atoms with Crippen LogP contribution in [0.15, 0.2) is 0 Å². The molecule has 2 rings (SSSR count). The predicted octanol–water partition coefficient (Wildman–Crippen LogP) is 3.25. The van der Waals surface area contributed by atoms with E-state index >= 15 is 0 Å². The van der Waals surface area contributed by atoms with Gasteiger partial charge in [-0.2, -0.15) is 0 Å². The summed E-state index contributed by atoms with van der Waals surface area (Å²) in [7, 11) is 0. The Morgan fingerprint density at radius 3 is 2.58 bits per heavy atom. The molecule has 0 bridgehead atoms. The van der Waals surface area contributed by atoms with Crippen molar-refractivity contribution < 1.29 is 9.90 Å². The zero-order valence-corrected chi connectivity index (χ0v) is 12.7. The van der Waals surface area contributed by atoms with Crippen LogP contribution in [0.1, 0.15) is 52.9 Å². The van der Waals surface area contributed by atoms with Gasteiger partial charge in [0, 0.05) is 13.1 Å². The topological polar surface area (TPSA) is 40.5 Å². The van der Waals surface area contributed by atoms with Crippen molar-refractivity contribution in [3.8, 4) is 0 Å². The molecule has 4 unspecified atom stereocenters. The van der Waals surface area contributed by atoms with Gasteiger partial charge in [0.25, 0.3) is 0 Å². The van der Waals surface area contributed by atoms with Crippen LogP contribution in [0, 0.1) is 23.2 Å². The van der Waals surface area contributed by atoms with Crippen LogP contribution in [0.5, 0.6) is 0 Å². The third-order valence-electron chi connectivity index (χ3n) is 5.49. The molecule has 0 amide bonds. The van der Waals surface area contributed by atoms with Crippen molar-refractivity contribution in [2.45, 2.75) is 52.9 Å². The molecule has 0 aromatic heterocycles. The van der Waals surface area contributed by atoms with E-state index in [1.54, 1.807) is 0 Å². The third-order valence-corrected chi connectivity index (χ3v) is 5.49. The van der Waals surface area contributed by atoms with E-state index in [0.29, 0.717) is 11.8 Å². The fraction of sp³-hybridized carbons (Fsp3) is 0.938. The number of hydrogen-bond donors (Lipinski definition) is 1. The maximum atomic E-state index is 11.8. The lowest BCUT2D eigenvalue weighted by Crippen LogP contribution is -2.49. The van der Waals surface area contributed by atoms with Crippen LogP contribution in [-0.2, 0) is 4.79 Å². The van der Waals surface area contributed by atoms with Gasteiger partial charge >= 0.3 is 5.97 Å². The van der Waals surface area contributed by atoms with Gasteiger partial charge in [0.2, 0.25) is 0 Å². The van der Waals surface area contributed by atoms with Crippen LogP contribution < -0.4 is 0 Å². The van der Waals surface area contributed by atoms with E-state index in [-0.39, 0.29) is 0 Å². The number of rotatable bonds is 3. The Labute approximate surface area is 117 Å². The molecule has 1 heterocycles. The summed E-state index contributed by atoms with van der Waals surface area (Å²) in [5.74, 6) is 1.47. The predicted molar refractivity (Wildman–Crippen MR) is 77.1 cm³/mol. The van der Waals surface area contributed by atoms with Gasteiger partial charge in [-0.15, -0.1) is 0 Å². The summed E-state index contributed by atoms with van der Waals surface area (Å²) >= 11 is 0. The van der Waals surface area contributed by atoms with Crippen molar-refractivity contribution >= 4 is 5.97 Å². The van der Waals surface area contributed by atoms with Gasteiger partial charge in [-0.1, -0.05) is 33.6 Å². The Hall–Kier alpha value is -0.570. The van der Waals surface area contributed by atoms with Crippen molar-refractivity contribution in [3.05, 3.63) is 0 Å². The Morgan fingerprint density at radius 1 is 1.26 bits per heavy atom. The minimum atomic E-state index is -0.565. The number of carbonyl (C=O) groups is 1. The highest BCUT2D eigenvalue weighted by Gasteiger charge is 2.43. The Kier molecular flexibility index (Phi) is 4.54. The molecular weight excluding hydrogens is 238 g/mol. The number of aliphatic carboxylic acids is 1. The number of likely N-dealkylation sites (tertiary alicyclic amines) is 1. The fourth-order valence-electron chi connectivity index (χ4n) is 3.99. The molecule has 0 radical (unpaired) electrons. The zero-order chi connectivity index (χ0) is 14.0. The van der Waals surface area contributed by atoms with Crippen molar-refractivity contribution in [3.63, 3.8) is 0 Å².